The second-order valence-corrected chi connectivity index (χ2v) is 7.47. The molecule has 0 aliphatic rings. The monoisotopic (exact) mass is 307 g/mol. The van der Waals surface area contributed by atoms with E-state index in [4.69, 9.17) is 5.73 Å². The van der Waals surface area contributed by atoms with E-state index in [0.717, 1.165) is 29.0 Å². The number of thiophene rings is 1. The van der Waals surface area contributed by atoms with E-state index in [-0.39, 0.29) is 0 Å². The van der Waals surface area contributed by atoms with Gasteiger partial charge in [0.05, 0.1) is 5.39 Å². The Labute approximate surface area is 130 Å². The van der Waals surface area contributed by atoms with Crippen molar-refractivity contribution in [2.75, 3.05) is 31.7 Å². The van der Waals surface area contributed by atoms with Gasteiger partial charge < -0.3 is 16.0 Å². The fourth-order valence-electron chi connectivity index (χ4n) is 2.55. The maximum atomic E-state index is 5.85. The molecule has 0 aliphatic heterocycles. The Kier molecular flexibility index (Phi) is 5.00. The van der Waals surface area contributed by atoms with Gasteiger partial charge >= 0.3 is 0 Å². The molecule has 2 heterocycles. The van der Waals surface area contributed by atoms with Crippen LogP contribution in [-0.4, -0.2) is 41.5 Å². The number of anilines is 2. The molecule has 0 saturated carbocycles. The number of aromatic nitrogens is 2. The molecule has 2 aromatic heterocycles. The molecule has 0 amide bonds. The number of likely N-dealkylation sites (N-methyl/N-ethyl adjacent to an activating group) is 1. The zero-order valence-electron chi connectivity index (χ0n) is 13.5. The van der Waals surface area contributed by atoms with Crippen molar-refractivity contribution in [2.45, 2.75) is 33.2 Å². The summed E-state index contributed by atoms with van der Waals surface area (Å²) < 4.78 is 0. The van der Waals surface area contributed by atoms with Gasteiger partial charge in [0.1, 0.15) is 10.6 Å². The highest BCUT2D eigenvalue weighted by molar-refractivity contribution is 7.18. The second kappa shape index (κ2) is 6.58. The first-order valence-electron chi connectivity index (χ1n) is 7.30. The summed E-state index contributed by atoms with van der Waals surface area (Å²) in [6, 6.07) is 2.47. The molecule has 3 N–H and O–H groups in total. The molecule has 21 heavy (non-hydrogen) atoms. The molecule has 2 aromatic rings. The van der Waals surface area contributed by atoms with Gasteiger partial charge in [-0.3, -0.25) is 0 Å². The third-order valence-corrected chi connectivity index (χ3v) is 4.16. The van der Waals surface area contributed by atoms with Crippen LogP contribution in [0.2, 0.25) is 0 Å². The number of nitrogens with zero attached hydrogens (tertiary/aromatic N) is 3. The Bertz CT molecular complexity index is 595. The maximum absolute atomic E-state index is 5.85. The minimum Gasteiger partial charge on any atom is -0.368 e. The summed E-state index contributed by atoms with van der Waals surface area (Å²) >= 11 is 1.65. The van der Waals surface area contributed by atoms with Gasteiger partial charge in [-0.05, 0) is 39.4 Å². The fourth-order valence-corrected chi connectivity index (χ4v) is 3.44. The molecule has 0 spiro atoms. The van der Waals surface area contributed by atoms with Crippen LogP contribution >= 0.6 is 11.3 Å². The lowest BCUT2D eigenvalue weighted by molar-refractivity contribution is 0.356. The first kappa shape index (κ1) is 16.0. The number of nitrogens with one attached hydrogen (secondary N) is 1. The molecule has 5 nitrogen and oxygen atoms in total. The van der Waals surface area contributed by atoms with Crippen molar-refractivity contribution in [1.29, 1.82) is 0 Å². The van der Waals surface area contributed by atoms with E-state index >= 15 is 0 Å². The molecular formula is C15H25N5S. The number of hydrogen-bond acceptors (Lipinski definition) is 6. The number of aryl methyl sites for hydroxylation is 1. The second-order valence-electron chi connectivity index (χ2n) is 6.24. The van der Waals surface area contributed by atoms with Gasteiger partial charge in [0.15, 0.2) is 0 Å². The number of nitrogens with two attached hydrogens (primary N) is 1. The summed E-state index contributed by atoms with van der Waals surface area (Å²) in [4.78, 5) is 13.1. The number of fused-ring (bicyclic) bond motifs is 1. The van der Waals surface area contributed by atoms with E-state index in [2.05, 4.69) is 61.1 Å². The zero-order chi connectivity index (χ0) is 15.6. The van der Waals surface area contributed by atoms with Crippen molar-refractivity contribution in [3.8, 4) is 0 Å². The summed E-state index contributed by atoms with van der Waals surface area (Å²) in [6.07, 6.45) is 1.09. The Morgan fingerprint density at radius 3 is 2.67 bits per heavy atom. The van der Waals surface area contributed by atoms with Crippen LogP contribution < -0.4 is 11.1 Å². The predicted octanol–water partition coefficient (Wildman–Crippen LogP) is 2.97. The molecule has 0 bridgehead atoms. The molecular weight excluding hydrogens is 282 g/mol. The molecule has 0 aromatic carbocycles. The summed E-state index contributed by atoms with van der Waals surface area (Å²) in [5.74, 6) is 1.82. The molecule has 1 unspecified atom stereocenters. The van der Waals surface area contributed by atoms with Crippen molar-refractivity contribution in [2.24, 2.45) is 5.92 Å². The van der Waals surface area contributed by atoms with E-state index in [1.807, 2.05) is 0 Å². The van der Waals surface area contributed by atoms with Crippen molar-refractivity contribution >= 4 is 33.3 Å². The third kappa shape index (κ3) is 4.28. The highest BCUT2D eigenvalue weighted by Crippen LogP contribution is 2.29. The van der Waals surface area contributed by atoms with Crippen LogP contribution in [0.1, 0.15) is 25.1 Å². The fraction of sp³-hybridized carbons (Fsp3) is 0.600. The number of hydrogen-bond donors (Lipinski definition) is 2. The van der Waals surface area contributed by atoms with Crippen LogP contribution in [0, 0.1) is 12.8 Å². The summed E-state index contributed by atoms with van der Waals surface area (Å²) in [5, 5.41) is 4.64. The van der Waals surface area contributed by atoms with E-state index in [9.17, 15) is 0 Å². The average Bonchev–Trinajstić information content (AvgIpc) is 2.67. The van der Waals surface area contributed by atoms with Crippen LogP contribution in [0.25, 0.3) is 10.2 Å². The average molecular weight is 307 g/mol. The lowest BCUT2D eigenvalue weighted by atomic mass is 10.0. The number of rotatable bonds is 6. The Hall–Kier alpha value is -1.40. The molecule has 0 saturated heterocycles. The first-order valence-corrected chi connectivity index (χ1v) is 8.11. The maximum Gasteiger partial charge on any atom is 0.223 e. The van der Waals surface area contributed by atoms with Crippen LogP contribution in [0.3, 0.4) is 0 Å². The third-order valence-electron chi connectivity index (χ3n) is 3.22. The largest absolute Gasteiger partial charge is 0.368 e. The highest BCUT2D eigenvalue weighted by atomic mass is 32.1. The Morgan fingerprint density at radius 2 is 2.05 bits per heavy atom. The molecule has 0 aliphatic carbocycles. The molecule has 0 radical (unpaired) electrons. The van der Waals surface area contributed by atoms with Gasteiger partial charge in [0, 0.05) is 17.5 Å². The first-order chi connectivity index (χ1) is 9.85. The minimum atomic E-state index is 0.333. The van der Waals surface area contributed by atoms with E-state index in [1.165, 1.54) is 4.88 Å². The Morgan fingerprint density at radius 1 is 1.33 bits per heavy atom. The minimum absolute atomic E-state index is 0.333. The SMILES string of the molecule is Cc1cc2c(NC(CC(C)C)CN(C)C)nc(N)nc2s1. The van der Waals surface area contributed by atoms with E-state index < -0.39 is 0 Å². The van der Waals surface area contributed by atoms with Crippen LogP contribution in [-0.2, 0) is 0 Å². The summed E-state index contributed by atoms with van der Waals surface area (Å²) in [7, 11) is 4.18. The quantitative estimate of drug-likeness (QED) is 0.859. The summed E-state index contributed by atoms with van der Waals surface area (Å²) in [5.41, 5.74) is 5.85. The topological polar surface area (TPSA) is 67.1 Å². The smallest absolute Gasteiger partial charge is 0.223 e. The van der Waals surface area contributed by atoms with Crippen molar-refractivity contribution in [3.05, 3.63) is 10.9 Å². The van der Waals surface area contributed by atoms with E-state index in [1.54, 1.807) is 11.3 Å². The van der Waals surface area contributed by atoms with Crippen LogP contribution in [0.4, 0.5) is 11.8 Å². The van der Waals surface area contributed by atoms with Gasteiger partial charge in [-0.15, -0.1) is 11.3 Å². The van der Waals surface area contributed by atoms with Crippen molar-refractivity contribution in [1.82, 2.24) is 14.9 Å². The Balaban J connectivity index is 2.30. The highest BCUT2D eigenvalue weighted by Gasteiger charge is 2.16. The van der Waals surface area contributed by atoms with Crippen molar-refractivity contribution < 1.29 is 0 Å². The normalized spacial score (nSPS) is 13.3. The van der Waals surface area contributed by atoms with Gasteiger partial charge in [-0.1, -0.05) is 13.8 Å². The molecule has 1 atom stereocenters. The number of nitrogen functional groups attached to an aromatic ring is 1. The molecule has 0 fully saturated rings. The van der Waals surface area contributed by atoms with Gasteiger partial charge in [0.2, 0.25) is 5.95 Å². The van der Waals surface area contributed by atoms with Gasteiger partial charge in [-0.2, -0.15) is 4.98 Å². The van der Waals surface area contributed by atoms with Crippen LogP contribution in [0.15, 0.2) is 6.07 Å². The lowest BCUT2D eigenvalue weighted by Gasteiger charge is -2.24. The lowest BCUT2D eigenvalue weighted by Crippen LogP contribution is -2.33. The predicted molar refractivity (Wildman–Crippen MR) is 92.0 cm³/mol. The van der Waals surface area contributed by atoms with Gasteiger partial charge in [-0.25, -0.2) is 4.98 Å². The van der Waals surface area contributed by atoms with Gasteiger partial charge in [0.25, 0.3) is 0 Å². The van der Waals surface area contributed by atoms with E-state index in [0.29, 0.717) is 17.9 Å². The molecule has 6 heteroatoms. The molecule has 116 valence electrons. The molecule has 2 rings (SSSR count). The standard InChI is InChI=1S/C15H25N5S/c1-9(2)6-11(8-20(4)5)17-13-12-7-10(3)21-14(12)19-15(16)18-13/h7,9,11H,6,8H2,1-5H3,(H3,16,17,18,19). The van der Waals surface area contributed by atoms with Crippen molar-refractivity contribution in [3.63, 3.8) is 0 Å². The van der Waals surface area contributed by atoms with Crippen LogP contribution in [0.5, 0.6) is 0 Å². The zero-order valence-corrected chi connectivity index (χ0v) is 14.3. The summed E-state index contributed by atoms with van der Waals surface area (Å²) in [6.45, 7) is 7.52.